The van der Waals surface area contributed by atoms with Gasteiger partial charge >= 0.3 is 0 Å². The summed E-state index contributed by atoms with van der Waals surface area (Å²) in [4.78, 5) is 26.4. The number of H-pyrrole nitrogens is 1. The molecule has 3 rings (SSSR count). The van der Waals surface area contributed by atoms with Gasteiger partial charge in [0, 0.05) is 18.3 Å². The molecule has 2 amide bonds. The summed E-state index contributed by atoms with van der Waals surface area (Å²) in [6.45, 7) is 0.488. The summed E-state index contributed by atoms with van der Waals surface area (Å²) in [5.41, 5.74) is 2.44. The van der Waals surface area contributed by atoms with Gasteiger partial charge in [0.15, 0.2) is 5.11 Å². The standard InChI is InChI=1S/C11H10N4O2S/c16-9-7-5(1-3-12-7)6(2-4-13-9)8-10(17)15-11(18)14-8/h1,3,12H,2,4H2,(H,13,16)(H2,14,15,17,18)/b8-6+. The summed E-state index contributed by atoms with van der Waals surface area (Å²) in [6, 6.07) is 1.79. The largest absolute Gasteiger partial charge is 0.357 e. The summed E-state index contributed by atoms with van der Waals surface area (Å²) < 4.78 is 0. The molecule has 1 aromatic rings. The Morgan fingerprint density at radius 3 is 2.72 bits per heavy atom. The van der Waals surface area contributed by atoms with Gasteiger partial charge in [-0.2, -0.15) is 0 Å². The maximum atomic E-state index is 11.8. The van der Waals surface area contributed by atoms with Gasteiger partial charge in [-0.15, -0.1) is 0 Å². The van der Waals surface area contributed by atoms with E-state index >= 15 is 0 Å². The zero-order valence-corrected chi connectivity index (χ0v) is 10.1. The fourth-order valence-corrected chi connectivity index (χ4v) is 2.37. The highest BCUT2D eigenvalue weighted by molar-refractivity contribution is 7.80. The minimum atomic E-state index is -0.253. The Bertz CT molecular complexity index is 602. The predicted octanol–water partition coefficient (Wildman–Crippen LogP) is -0.136. The van der Waals surface area contributed by atoms with Crippen molar-refractivity contribution in [3.05, 3.63) is 29.2 Å². The minimum Gasteiger partial charge on any atom is -0.357 e. The Hall–Kier alpha value is -2.15. The smallest absolute Gasteiger partial charge is 0.274 e. The number of aromatic amines is 1. The van der Waals surface area contributed by atoms with Crippen LogP contribution in [0.3, 0.4) is 0 Å². The second-order valence-electron chi connectivity index (χ2n) is 4.03. The van der Waals surface area contributed by atoms with Crippen LogP contribution in [0, 0.1) is 0 Å². The number of carbonyl (C=O) groups excluding carboxylic acids is 2. The third-order valence-electron chi connectivity index (χ3n) is 2.95. The average molecular weight is 262 g/mol. The lowest BCUT2D eigenvalue weighted by atomic mass is 10.0. The number of fused-ring (bicyclic) bond motifs is 1. The van der Waals surface area contributed by atoms with E-state index in [-0.39, 0.29) is 11.8 Å². The highest BCUT2D eigenvalue weighted by Crippen LogP contribution is 2.27. The van der Waals surface area contributed by atoms with Crippen LogP contribution < -0.4 is 16.0 Å². The van der Waals surface area contributed by atoms with Gasteiger partial charge in [-0.3, -0.25) is 14.9 Å². The topological polar surface area (TPSA) is 86.0 Å². The van der Waals surface area contributed by atoms with E-state index in [9.17, 15) is 9.59 Å². The zero-order valence-electron chi connectivity index (χ0n) is 9.29. The van der Waals surface area contributed by atoms with Gasteiger partial charge in [0.1, 0.15) is 11.4 Å². The van der Waals surface area contributed by atoms with E-state index in [1.807, 2.05) is 0 Å². The van der Waals surface area contributed by atoms with E-state index in [2.05, 4.69) is 20.9 Å². The second-order valence-corrected chi connectivity index (χ2v) is 4.44. The molecule has 2 aliphatic heterocycles. The molecule has 7 heteroatoms. The van der Waals surface area contributed by atoms with Crippen molar-refractivity contribution < 1.29 is 9.59 Å². The van der Waals surface area contributed by atoms with Gasteiger partial charge in [0.05, 0.1) is 0 Å². The molecule has 0 aromatic carbocycles. The number of amides is 2. The fraction of sp³-hybridized carbons (Fsp3) is 0.182. The monoisotopic (exact) mass is 262 g/mol. The van der Waals surface area contributed by atoms with Crippen molar-refractivity contribution in [3.63, 3.8) is 0 Å². The van der Waals surface area contributed by atoms with E-state index in [1.165, 1.54) is 0 Å². The third kappa shape index (κ3) is 1.60. The molecule has 6 nitrogen and oxygen atoms in total. The molecule has 0 spiro atoms. The maximum Gasteiger partial charge on any atom is 0.274 e. The van der Waals surface area contributed by atoms with Crippen molar-refractivity contribution in [1.29, 1.82) is 0 Å². The van der Waals surface area contributed by atoms with Crippen LogP contribution in [0.25, 0.3) is 5.57 Å². The van der Waals surface area contributed by atoms with Gasteiger partial charge < -0.3 is 15.6 Å². The summed E-state index contributed by atoms with van der Waals surface area (Å²) in [7, 11) is 0. The Morgan fingerprint density at radius 1 is 1.17 bits per heavy atom. The lowest BCUT2D eigenvalue weighted by Gasteiger charge is -2.06. The van der Waals surface area contributed by atoms with Gasteiger partial charge in [0.2, 0.25) is 0 Å². The summed E-state index contributed by atoms with van der Waals surface area (Å²) in [5.74, 6) is -0.414. The Morgan fingerprint density at radius 2 is 2.00 bits per heavy atom. The van der Waals surface area contributed by atoms with Crippen LogP contribution in [0.15, 0.2) is 18.0 Å². The first-order valence-electron chi connectivity index (χ1n) is 5.48. The molecule has 0 saturated carbocycles. The van der Waals surface area contributed by atoms with Crippen molar-refractivity contribution in [2.45, 2.75) is 6.42 Å². The summed E-state index contributed by atoms with van der Waals surface area (Å²) >= 11 is 4.91. The van der Waals surface area contributed by atoms with Crippen molar-refractivity contribution >= 4 is 34.7 Å². The number of thiocarbonyl (C=S) groups is 1. The van der Waals surface area contributed by atoms with Crippen molar-refractivity contribution in [2.75, 3.05) is 6.54 Å². The number of carbonyl (C=O) groups is 2. The molecule has 0 aliphatic carbocycles. The number of hydrogen-bond donors (Lipinski definition) is 4. The quantitative estimate of drug-likeness (QED) is 0.387. The van der Waals surface area contributed by atoms with Crippen LogP contribution in [-0.4, -0.2) is 28.5 Å². The van der Waals surface area contributed by atoms with E-state index in [0.29, 0.717) is 29.5 Å². The minimum absolute atomic E-state index is 0.161. The second kappa shape index (κ2) is 3.95. The number of rotatable bonds is 0. The van der Waals surface area contributed by atoms with Gasteiger partial charge in [-0.05, 0) is 30.3 Å². The van der Waals surface area contributed by atoms with Crippen molar-refractivity contribution in [3.8, 4) is 0 Å². The lowest BCUT2D eigenvalue weighted by molar-refractivity contribution is -0.115. The molecule has 18 heavy (non-hydrogen) atoms. The molecule has 4 N–H and O–H groups in total. The Labute approximate surface area is 108 Å². The number of hydrogen-bond acceptors (Lipinski definition) is 3. The fourth-order valence-electron chi connectivity index (χ4n) is 2.17. The van der Waals surface area contributed by atoms with Gasteiger partial charge in [-0.1, -0.05) is 0 Å². The molecule has 0 bridgehead atoms. The molecule has 3 heterocycles. The van der Waals surface area contributed by atoms with Crippen LogP contribution >= 0.6 is 12.2 Å². The molecule has 1 saturated heterocycles. The molecule has 0 atom stereocenters. The van der Waals surface area contributed by atoms with E-state index < -0.39 is 0 Å². The van der Waals surface area contributed by atoms with E-state index in [4.69, 9.17) is 12.2 Å². The molecule has 0 radical (unpaired) electrons. The highest BCUT2D eigenvalue weighted by Gasteiger charge is 2.28. The number of aromatic nitrogens is 1. The predicted molar refractivity (Wildman–Crippen MR) is 68.5 cm³/mol. The molecule has 2 aliphatic rings. The molecule has 92 valence electrons. The van der Waals surface area contributed by atoms with Gasteiger partial charge in [0.25, 0.3) is 11.8 Å². The first-order valence-corrected chi connectivity index (χ1v) is 5.89. The molecule has 1 fully saturated rings. The van der Waals surface area contributed by atoms with Crippen LogP contribution in [-0.2, 0) is 4.79 Å². The molecular weight excluding hydrogens is 252 g/mol. The molecular formula is C11H10N4O2S. The van der Waals surface area contributed by atoms with E-state index in [1.54, 1.807) is 12.3 Å². The molecule has 0 unspecified atom stereocenters. The maximum absolute atomic E-state index is 11.8. The Kier molecular flexibility index (Phi) is 2.41. The summed E-state index contributed by atoms with van der Waals surface area (Å²) in [5, 5.41) is 8.44. The highest BCUT2D eigenvalue weighted by atomic mass is 32.1. The Balaban J connectivity index is 2.16. The van der Waals surface area contributed by atoms with E-state index in [0.717, 1.165) is 11.1 Å². The van der Waals surface area contributed by atoms with Crippen molar-refractivity contribution in [1.82, 2.24) is 20.9 Å². The lowest BCUT2D eigenvalue weighted by Crippen LogP contribution is -2.22. The SMILES string of the molecule is O=C1NC(=S)N/C1=C1\CCNC(=O)c2[nH]ccc21. The molecule has 1 aromatic heterocycles. The average Bonchev–Trinajstić information content (AvgIpc) is 2.88. The number of nitrogens with one attached hydrogen (secondary N) is 4. The first-order chi connectivity index (χ1) is 8.66. The van der Waals surface area contributed by atoms with Crippen molar-refractivity contribution in [2.24, 2.45) is 0 Å². The normalized spacial score (nSPS) is 23.0. The third-order valence-corrected chi connectivity index (χ3v) is 3.16. The van der Waals surface area contributed by atoms with Crippen LogP contribution in [0.2, 0.25) is 0 Å². The van der Waals surface area contributed by atoms with Crippen LogP contribution in [0.1, 0.15) is 22.5 Å². The van der Waals surface area contributed by atoms with Gasteiger partial charge in [-0.25, -0.2) is 0 Å². The first kappa shape index (κ1) is 11.0. The van der Waals surface area contributed by atoms with Crippen LogP contribution in [0.5, 0.6) is 0 Å². The summed E-state index contributed by atoms with van der Waals surface area (Å²) in [6.07, 6.45) is 2.26. The van der Waals surface area contributed by atoms with Crippen LogP contribution in [0.4, 0.5) is 0 Å². The zero-order chi connectivity index (χ0) is 12.7.